The molecule has 23 heavy (non-hydrogen) atoms. The molecule has 2 aromatic carbocycles. The minimum absolute atomic E-state index is 0.117. The molecule has 0 bridgehead atoms. The van der Waals surface area contributed by atoms with E-state index in [-0.39, 0.29) is 5.75 Å². The average molecular weight is 332 g/mol. The quantitative estimate of drug-likeness (QED) is 0.533. The summed E-state index contributed by atoms with van der Waals surface area (Å²) in [5.41, 5.74) is 3.81. The Morgan fingerprint density at radius 3 is 1.91 bits per heavy atom. The van der Waals surface area contributed by atoms with E-state index < -0.39 is 10.1 Å². The van der Waals surface area contributed by atoms with Crippen molar-refractivity contribution in [2.24, 2.45) is 0 Å². The molecule has 2 aromatic rings. The number of aryl methyl sites for hydroxylation is 1. The van der Waals surface area contributed by atoms with Crippen molar-refractivity contribution in [3.8, 4) is 11.1 Å². The van der Waals surface area contributed by atoms with E-state index in [1.807, 2.05) is 18.2 Å². The molecule has 2 rings (SSSR count). The standard InChI is InChI=1S/C19H24O3S/c20-23(21,22)16-8-3-1-2-5-9-17-12-14-19(15-13-17)18-10-6-4-7-11-18/h4,6-7,10-15H,1-3,5,8-9,16H2,(H,20,21,22). The van der Waals surface area contributed by atoms with Gasteiger partial charge in [-0.15, -0.1) is 0 Å². The van der Waals surface area contributed by atoms with Gasteiger partial charge in [0.05, 0.1) is 5.75 Å². The van der Waals surface area contributed by atoms with Crippen LogP contribution in [-0.2, 0) is 16.5 Å². The summed E-state index contributed by atoms with van der Waals surface area (Å²) in [6, 6.07) is 19.0. The van der Waals surface area contributed by atoms with Gasteiger partial charge in [-0.25, -0.2) is 0 Å². The zero-order chi connectivity index (χ0) is 16.5. The Hall–Kier alpha value is -1.65. The first-order valence-corrected chi connectivity index (χ1v) is 9.75. The van der Waals surface area contributed by atoms with Gasteiger partial charge in [0.25, 0.3) is 10.1 Å². The van der Waals surface area contributed by atoms with Crippen LogP contribution in [0.3, 0.4) is 0 Å². The molecular weight excluding hydrogens is 308 g/mol. The summed E-state index contributed by atoms with van der Waals surface area (Å²) >= 11 is 0. The molecule has 0 saturated heterocycles. The third-order valence-electron chi connectivity index (χ3n) is 3.93. The lowest BCUT2D eigenvalue weighted by molar-refractivity contribution is 0.479. The van der Waals surface area contributed by atoms with E-state index in [0.717, 1.165) is 32.1 Å². The van der Waals surface area contributed by atoms with Gasteiger partial charge in [-0.3, -0.25) is 4.55 Å². The third kappa shape index (κ3) is 6.97. The summed E-state index contributed by atoms with van der Waals surface area (Å²) in [5.74, 6) is -0.117. The van der Waals surface area contributed by atoms with Crippen molar-refractivity contribution in [3.63, 3.8) is 0 Å². The van der Waals surface area contributed by atoms with E-state index in [0.29, 0.717) is 6.42 Å². The minimum Gasteiger partial charge on any atom is -0.286 e. The van der Waals surface area contributed by atoms with E-state index in [1.54, 1.807) is 0 Å². The average Bonchev–Trinajstić information content (AvgIpc) is 2.54. The lowest BCUT2D eigenvalue weighted by atomic mass is 10.0. The van der Waals surface area contributed by atoms with E-state index in [1.165, 1.54) is 16.7 Å². The zero-order valence-corrected chi connectivity index (χ0v) is 14.1. The van der Waals surface area contributed by atoms with Gasteiger partial charge in [-0.1, -0.05) is 73.9 Å². The molecule has 0 saturated carbocycles. The molecule has 0 amide bonds. The second kappa shape index (κ2) is 8.85. The smallest absolute Gasteiger partial charge is 0.264 e. The molecule has 0 unspecified atom stereocenters. The Bertz CT molecular complexity index is 676. The number of benzene rings is 2. The van der Waals surface area contributed by atoms with Gasteiger partial charge < -0.3 is 0 Å². The van der Waals surface area contributed by atoms with E-state index in [9.17, 15) is 8.42 Å². The maximum atomic E-state index is 10.6. The molecule has 0 radical (unpaired) electrons. The Morgan fingerprint density at radius 1 is 0.696 bits per heavy atom. The second-order valence-corrected chi connectivity index (χ2v) is 7.44. The second-order valence-electron chi connectivity index (χ2n) is 5.87. The summed E-state index contributed by atoms with van der Waals surface area (Å²) in [5, 5.41) is 0. The SMILES string of the molecule is O=S(=O)(O)CCCCCCCc1ccc(-c2ccccc2)cc1. The van der Waals surface area contributed by atoms with Crippen LogP contribution in [0, 0.1) is 0 Å². The van der Waals surface area contributed by atoms with Crippen LogP contribution in [0.4, 0.5) is 0 Å². The molecule has 1 N–H and O–H groups in total. The van der Waals surface area contributed by atoms with Gasteiger partial charge in [0.2, 0.25) is 0 Å². The van der Waals surface area contributed by atoms with Crippen LogP contribution in [0.1, 0.15) is 37.7 Å². The zero-order valence-electron chi connectivity index (χ0n) is 13.3. The molecular formula is C19H24O3S. The fraction of sp³-hybridized carbons (Fsp3) is 0.368. The van der Waals surface area contributed by atoms with Gasteiger partial charge in [0.15, 0.2) is 0 Å². The summed E-state index contributed by atoms with van der Waals surface area (Å²) in [4.78, 5) is 0. The molecule has 0 fully saturated rings. The molecule has 0 atom stereocenters. The Kier molecular flexibility index (Phi) is 6.81. The molecule has 0 aliphatic carbocycles. The fourth-order valence-electron chi connectivity index (χ4n) is 2.64. The van der Waals surface area contributed by atoms with Crippen LogP contribution >= 0.6 is 0 Å². The lowest BCUT2D eigenvalue weighted by Crippen LogP contribution is -2.03. The van der Waals surface area contributed by atoms with Crippen LogP contribution in [0.25, 0.3) is 11.1 Å². The van der Waals surface area contributed by atoms with Crippen LogP contribution < -0.4 is 0 Å². The van der Waals surface area contributed by atoms with E-state index in [4.69, 9.17) is 4.55 Å². The third-order valence-corrected chi connectivity index (χ3v) is 4.73. The van der Waals surface area contributed by atoms with Gasteiger partial charge in [0.1, 0.15) is 0 Å². The van der Waals surface area contributed by atoms with Gasteiger partial charge in [0, 0.05) is 0 Å². The van der Waals surface area contributed by atoms with Crippen molar-refractivity contribution >= 4 is 10.1 Å². The number of hydrogen-bond donors (Lipinski definition) is 1. The van der Waals surface area contributed by atoms with Crippen LogP contribution in [-0.4, -0.2) is 18.7 Å². The molecule has 0 spiro atoms. The van der Waals surface area contributed by atoms with Crippen molar-refractivity contribution in [2.75, 3.05) is 5.75 Å². The highest BCUT2D eigenvalue weighted by Crippen LogP contribution is 2.20. The normalized spacial score (nSPS) is 11.5. The van der Waals surface area contributed by atoms with Crippen molar-refractivity contribution < 1.29 is 13.0 Å². The number of rotatable bonds is 9. The first-order chi connectivity index (χ1) is 11.0. The van der Waals surface area contributed by atoms with Crippen molar-refractivity contribution in [1.82, 2.24) is 0 Å². The summed E-state index contributed by atoms with van der Waals surface area (Å²) in [7, 11) is -3.79. The topological polar surface area (TPSA) is 54.4 Å². The summed E-state index contributed by atoms with van der Waals surface area (Å²) in [6.45, 7) is 0. The monoisotopic (exact) mass is 332 g/mol. The van der Waals surface area contributed by atoms with Gasteiger partial charge in [-0.2, -0.15) is 8.42 Å². The largest absolute Gasteiger partial charge is 0.286 e. The number of hydrogen-bond acceptors (Lipinski definition) is 2. The maximum absolute atomic E-state index is 10.6. The predicted molar refractivity (Wildman–Crippen MR) is 95.1 cm³/mol. The lowest BCUT2D eigenvalue weighted by Gasteiger charge is -2.05. The summed E-state index contributed by atoms with van der Waals surface area (Å²) < 4.78 is 29.8. The minimum atomic E-state index is -3.79. The van der Waals surface area contributed by atoms with Gasteiger partial charge >= 0.3 is 0 Å². The highest BCUT2D eigenvalue weighted by molar-refractivity contribution is 7.85. The Balaban J connectivity index is 1.67. The van der Waals surface area contributed by atoms with Crippen LogP contribution in [0.15, 0.2) is 54.6 Å². The Morgan fingerprint density at radius 2 is 1.26 bits per heavy atom. The molecule has 0 aliphatic rings. The van der Waals surface area contributed by atoms with Crippen LogP contribution in [0.2, 0.25) is 0 Å². The molecule has 4 heteroatoms. The van der Waals surface area contributed by atoms with Gasteiger partial charge in [-0.05, 0) is 36.0 Å². The molecule has 0 aromatic heterocycles. The highest BCUT2D eigenvalue weighted by Gasteiger charge is 2.03. The molecule has 0 heterocycles. The molecule has 0 aliphatic heterocycles. The highest BCUT2D eigenvalue weighted by atomic mass is 32.2. The first kappa shape index (κ1) is 17.7. The van der Waals surface area contributed by atoms with E-state index in [2.05, 4.69) is 36.4 Å². The predicted octanol–water partition coefficient (Wildman–Crippen LogP) is 4.73. The Labute approximate surface area is 139 Å². The van der Waals surface area contributed by atoms with Crippen molar-refractivity contribution in [3.05, 3.63) is 60.2 Å². The van der Waals surface area contributed by atoms with Crippen molar-refractivity contribution in [2.45, 2.75) is 38.5 Å². The fourth-order valence-corrected chi connectivity index (χ4v) is 3.21. The summed E-state index contributed by atoms with van der Waals surface area (Å²) in [6.07, 6.45) is 5.66. The first-order valence-electron chi connectivity index (χ1n) is 8.14. The van der Waals surface area contributed by atoms with E-state index >= 15 is 0 Å². The molecule has 124 valence electrons. The van der Waals surface area contributed by atoms with Crippen LogP contribution in [0.5, 0.6) is 0 Å². The van der Waals surface area contributed by atoms with Crippen molar-refractivity contribution in [1.29, 1.82) is 0 Å². The maximum Gasteiger partial charge on any atom is 0.264 e. The molecule has 3 nitrogen and oxygen atoms in total. The number of unbranched alkanes of at least 4 members (excludes halogenated alkanes) is 4.